The number of rotatable bonds is 4. The van der Waals surface area contributed by atoms with Crippen LogP contribution in [-0.2, 0) is 11.3 Å². The van der Waals surface area contributed by atoms with Crippen LogP contribution in [0.1, 0.15) is 10.5 Å². The normalized spacial score (nSPS) is 12.7. The number of carboxylic acids is 1. The fraction of sp³-hybridized carbons (Fsp3) is 0.214. The number of carbonyl (C=O) groups excluding carboxylic acids is 1. The highest BCUT2D eigenvalue weighted by molar-refractivity contribution is 5.92. The molecule has 0 bridgehead atoms. The summed E-state index contributed by atoms with van der Waals surface area (Å²) in [6.07, 6.45) is 1.33. The van der Waals surface area contributed by atoms with Crippen molar-refractivity contribution in [1.29, 1.82) is 0 Å². The maximum absolute atomic E-state index is 12.0. The van der Waals surface area contributed by atoms with Gasteiger partial charge < -0.3 is 19.9 Å². The number of fused-ring (bicyclic) bond motifs is 1. The van der Waals surface area contributed by atoms with Crippen molar-refractivity contribution in [2.45, 2.75) is 6.54 Å². The van der Waals surface area contributed by atoms with Crippen LogP contribution in [0.3, 0.4) is 0 Å². The van der Waals surface area contributed by atoms with E-state index in [9.17, 15) is 9.59 Å². The maximum Gasteiger partial charge on any atom is 0.354 e. The molecule has 1 aliphatic heterocycles. The molecule has 0 fully saturated rings. The Balaban J connectivity index is 1.69. The van der Waals surface area contributed by atoms with Crippen LogP contribution in [0.25, 0.3) is 0 Å². The number of nitrogens with zero attached hydrogens (tertiary/aromatic N) is 2. The minimum Gasteiger partial charge on any atom is -0.486 e. The minimum atomic E-state index is -1.13. The summed E-state index contributed by atoms with van der Waals surface area (Å²) in [4.78, 5) is 22.9. The molecule has 114 valence electrons. The van der Waals surface area contributed by atoms with Gasteiger partial charge in [-0.3, -0.25) is 4.79 Å². The highest BCUT2D eigenvalue weighted by Crippen LogP contribution is 2.32. The summed E-state index contributed by atoms with van der Waals surface area (Å²) in [7, 11) is 0. The molecule has 0 spiro atoms. The SMILES string of the molecule is O=C(Cn1nccc1C(=O)O)Nc1ccc2c(c1)OCCO2. The van der Waals surface area contributed by atoms with Crippen LogP contribution in [0.5, 0.6) is 11.5 Å². The van der Waals surface area contributed by atoms with E-state index in [0.717, 1.165) is 4.68 Å². The van der Waals surface area contributed by atoms with Crippen LogP contribution in [0.2, 0.25) is 0 Å². The van der Waals surface area contributed by atoms with Crippen molar-refractivity contribution in [3.63, 3.8) is 0 Å². The Morgan fingerprint density at radius 3 is 2.77 bits per heavy atom. The predicted molar refractivity (Wildman–Crippen MR) is 75.2 cm³/mol. The van der Waals surface area contributed by atoms with Crippen molar-refractivity contribution in [3.8, 4) is 11.5 Å². The topological polar surface area (TPSA) is 103 Å². The zero-order chi connectivity index (χ0) is 15.5. The van der Waals surface area contributed by atoms with Gasteiger partial charge in [-0.15, -0.1) is 0 Å². The Labute approximate surface area is 125 Å². The maximum atomic E-state index is 12.0. The minimum absolute atomic E-state index is 0.0441. The van der Waals surface area contributed by atoms with Crippen LogP contribution in [0, 0.1) is 0 Å². The second kappa shape index (κ2) is 5.76. The quantitative estimate of drug-likeness (QED) is 0.873. The molecule has 0 atom stereocenters. The summed E-state index contributed by atoms with van der Waals surface area (Å²) in [5.41, 5.74) is 0.496. The number of carbonyl (C=O) groups is 2. The number of carboxylic acid groups (broad SMARTS) is 1. The van der Waals surface area contributed by atoms with Crippen molar-refractivity contribution < 1.29 is 24.2 Å². The second-order valence-electron chi connectivity index (χ2n) is 4.59. The van der Waals surface area contributed by atoms with E-state index in [2.05, 4.69) is 10.4 Å². The van der Waals surface area contributed by atoms with Crippen molar-refractivity contribution >= 4 is 17.6 Å². The van der Waals surface area contributed by atoms with Crippen molar-refractivity contribution in [2.24, 2.45) is 0 Å². The van der Waals surface area contributed by atoms with E-state index in [4.69, 9.17) is 14.6 Å². The molecule has 0 unspecified atom stereocenters. The van der Waals surface area contributed by atoms with Gasteiger partial charge in [0.25, 0.3) is 0 Å². The number of hydrogen-bond acceptors (Lipinski definition) is 5. The summed E-state index contributed by atoms with van der Waals surface area (Å²) >= 11 is 0. The number of aromatic nitrogens is 2. The first-order chi connectivity index (χ1) is 10.6. The molecular formula is C14H13N3O5. The highest BCUT2D eigenvalue weighted by atomic mass is 16.6. The molecule has 0 radical (unpaired) electrons. The lowest BCUT2D eigenvalue weighted by molar-refractivity contribution is -0.116. The molecule has 0 saturated carbocycles. The molecule has 2 aromatic rings. The number of aromatic carboxylic acids is 1. The predicted octanol–water partition coefficient (Wildman–Crippen LogP) is 0.991. The summed E-state index contributed by atoms with van der Waals surface area (Å²) < 4.78 is 11.9. The monoisotopic (exact) mass is 303 g/mol. The summed E-state index contributed by atoms with van der Waals surface area (Å²) in [5.74, 6) is -0.327. The van der Waals surface area contributed by atoms with Crippen molar-refractivity contribution in [3.05, 3.63) is 36.2 Å². The van der Waals surface area contributed by atoms with Gasteiger partial charge in [-0.2, -0.15) is 5.10 Å². The van der Waals surface area contributed by atoms with Gasteiger partial charge in [0.2, 0.25) is 5.91 Å². The molecule has 1 amide bonds. The molecule has 2 heterocycles. The third kappa shape index (κ3) is 2.85. The second-order valence-corrected chi connectivity index (χ2v) is 4.59. The lowest BCUT2D eigenvalue weighted by Crippen LogP contribution is -2.22. The molecule has 22 heavy (non-hydrogen) atoms. The number of ether oxygens (including phenoxy) is 2. The van der Waals surface area contributed by atoms with Gasteiger partial charge >= 0.3 is 5.97 Å². The molecule has 3 rings (SSSR count). The van der Waals surface area contributed by atoms with E-state index in [-0.39, 0.29) is 18.1 Å². The first-order valence-electron chi connectivity index (χ1n) is 6.58. The van der Waals surface area contributed by atoms with Gasteiger partial charge in [-0.05, 0) is 18.2 Å². The third-order valence-electron chi connectivity index (χ3n) is 3.05. The van der Waals surface area contributed by atoms with Gasteiger partial charge in [-0.25, -0.2) is 9.48 Å². The lowest BCUT2D eigenvalue weighted by Gasteiger charge is -2.19. The Morgan fingerprint density at radius 1 is 1.23 bits per heavy atom. The standard InChI is InChI=1S/C14H13N3O5/c18-13(8-17-10(14(19)20)3-4-15-17)16-9-1-2-11-12(7-9)22-6-5-21-11/h1-4,7H,5-6,8H2,(H,16,18)(H,19,20). The van der Waals surface area contributed by atoms with E-state index in [0.29, 0.717) is 30.4 Å². The average Bonchev–Trinajstić information content (AvgIpc) is 2.95. The molecule has 0 aliphatic carbocycles. The Hall–Kier alpha value is -3.03. The largest absolute Gasteiger partial charge is 0.486 e. The van der Waals surface area contributed by atoms with Gasteiger partial charge in [0.05, 0.1) is 0 Å². The van der Waals surface area contributed by atoms with E-state index in [1.165, 1.54) is 12.3 Å². The molecular weight excluding hydrogens is 290 g/mol. The van der Waals surface area contributed by atoms with E-state index in [1.807, 2.05) is 0 Å². The Morgan fingerprint density at radius 2 is 2.00 bits per heavy atom. The first-order valence-corrected chi connectivity index (χ1v) is 6.58. The van der Waals surface area contributed by atoms with Crippen LogP contribution in [-0.4, -0.2) is 40.0 Å². The van der Waals surface area contributed by atoms with E-state index < -0.39 is 5.97 Å². The van der Waals surface area contributed by atoms with Crippen molar-refractivity contribution in [2.75, 3.05) is 18.5 Å². The first kappa shape index (κ1) is 13.9. The number of benzene rings is 1. The fourth-order valence-electron chi connectivity index (χ4n) is 2.10. The van der Waals surface area contributed by atoms with E-state index in [1.54, 1.807) is 18.2 Å². The smallest absolute Gasteiger partial charge is 0.354 e. The van der Waals surface area contributed by atoms with Crippen LogP contribution < -0.4 is 14.8 Å². The summed E-state index contributed by atoms with van der Waals surface area (Å²) in [5, 5.41) is 15.5. The number of nitrogens with one attached hydrogen (secondary N) is 1. The number of hydrogen-bond donors (Lipinski definition) is 2. The lowest BCUT2D eigenvalue weighted by atomic mass is 10.2. The number of amides is 1. The van der Waals surface area contributed by atoms with Gasteiger partial charge in [0, 0.05) is 18.0 Å². The molecule has 8 nitrogen and oxygen atoms in total. The fourth-order valence-corrected chi connectivity index (χ4v) is 2.10. The summed E-state index contributed by atoms with van der Waals surface area (Å²) in [6, 6.07) is 6.39. The molecule has 1 aromatic heterocycles. The molecule has 1 aliphatic rings. The van der Waals surface area contributed by atoms with Crippen molar-refractivity contribution in [1.82, 2.24) is 9.78 Å². The van der Waals surface area contributed by atoms with Crippen LogP contribution >= 0.6 is 0 Å². The summed E-state index contributed by atoms with van der Waals surface area (Å²) in [6.45, 7) is 0.763. The molecule has 1 aromatic carbocycles. The third-order valence-corrected chi connectivity index (χ3v) is 3.05. The van der Waals surface area contributed by atoms with Gasteiger partial charge in [-0.1, -0.05) is 0 Å². The molecule has 2 N–H and O–H groups in total. The van der Waals surface area contributed by atoms with Crippen LogP contribution in [0.15, 0.2) is 30.5 Å². The highest BCUT2D eigenvalue weighted by Gasteiger charge is 2.15. The molecule has 0 saturated heterocycles. The van der Waals surface area contributed by atoms with Gasteiger partial charge in [0.1, 0.15) is 25.5 Å². The number of anilines is 1. The average molecular weight is 303 g/mol. The van der Waals surface area contributed by atoms with Gasteiger partial charge in [0.15, 0.2) is 11.5 Å². The van der Waals surface area contributed by atoms with E-state index >= 15 is 0 Å². The zero-order valence-corrected chi connectivity index (χ0v) is 11.5. The zero-order valence-electron chi connectivity index (χ0n) is 11.5. The Kier molecular flexibility index (Phi) is 3.65. The van der Waals surface area contributed by atoms with Crippen LogP contribution in [0.4, 0.5) is 5.69 Å². The Bertz CT molecular complexity index is 725. The molecule has 8 heteroatoms.